The average molecular weight is 248 g/mol. The highest BCUT2D eigenvalue weighted by Gasteiger charge is 2.35. The fourth-order valence-corrected chi connectivity index (χ4v) is 1.42. The number of nitrogens with one attached hydrogen (secondary N) is 1. The van der Waals surface area contributed by atoms with E-state index in [0.717, 1.165) is 5.56 Å². The topological polar surface area (TPSA) is 37.9 Å². The molecule has 1 heterocycles. The first-order chi connectivity index (χ1) is 7.85. The van der Waals surface area contributed by atoms with Crippen molar-refractivity contribution in [2.24, 2.45) is 0 Å². The summed E-state index contributed by atoms with van der Waals surface area (Å²) in [4.78, 5) is 6.13. The number of alkyl halides is 4. The van der Waals surface area contributed by atoms with Gasteiger partial charge in [0, 0.05) is 0 Å². The molecule has 2 aromatic rings. The van der Waals surface area contributed by atoms with E-state index in [1.54, 1.807) is 25.1 Å². The molecule has 0 aliphatic heterocycles. The Morgan fingerprint density at radius 1 is 1.35 bits per heavy atom. The fourth-order valence-electron chi connectivity index (χ4n) is 1.42. The van der Waals surface area contributed by atoms with Crippen LogP contribution in [0.4, 0.5) is 17.6 Å². The summed E-state index contributed by atoms with van der Waals surface area (Å²) in [5, 5.41) is 0. The fraction of sp³-hybridized carbons (Fsp3) is 0.300. The van der Waals surface area contributed by atoms with Gasteiger partial charge in [0.05, 0.1) is 11.0 Å². The second-order valence-electron chi connectivity index (χ2n) is 3.52. The van der Waals surface area contributed by atoms with Crippen LogP contribution in [0.1, 0.15) is 17.7 Å². The minimum atomic E-state index is -5.03. The van der Waals surface area contributed by atoms with E-state index < -0.39 is 18.5 Å². The molecule has 0 saturated carbocycles. The van der Waals surface area contributed by atoms with Crippen LogP contribution in [0.5, 0.6) is 0 Å². The summed E-state index contributed by atoms with van der Waals surface area (Å²) < 4.78 is 51.8. The summed E-state index contributed by atoms with van der Waals surface area (Å²) in [5.74, 6) is -0.497. The van der Waals surface area contributed by atoms with Gasteiger partial charge in [-0.25, -0.2) is 14.1 Å². The Morgan fingerprint density at radius 3 is 2.71 bits per heavy atom. The van der Waals surface area contributed by atoms with Crippen LogP contribution < -0.4 is 0 Å². The molecule has 1 aromatic carbocycles. The Morgan fingerprint density at radius 2 is 2.06 bits per heavy atom. The zero-order chi connectivity index (χ0) is 12.6. The molecule has 0 radical (unpaired) electrons. The molecule has 7 heteroatoms. The number of aromatic amines is 1. The van der Waals surface area contributed by atoms with E-state index in [0.29, 0.717) is 11.0 Å². The SMILES string of the molecule is Cc1ccc2nc([C@@H](F)OC(F)(F)F)[nH]c2c1. The largest absolute Gasteiger partial charge is 0.525 e. The number of ether oxygens (including phenoxy) is 1. The van der Waals surface area contributed by atoms with Gasteiger partial charge >= 0.3 is 6.36 Å². The highest BCUT2D eigenvalue weighted by Crippen LogP contribution is 2.28. The number of hydrogen-bond acceptors (Lipinski definition) is 2. The van der Waals surface area contributed by atoms with Gasteiger partial charge in [-0.2, -0.15) is 0 Å². The standard InChI is InChI=1S/C10H8F4N2O/c1-5-2-3-6-7(4-5)16-9(15-6)8(11)17-10(12,13)14/h2-4,8H,1H3,(H,15,16)/t8-/m0/s1. The molecule has 0 fully saturated rings. The van der Waals surface area contributed by atoms with Crippen molar-refractivity contribution < 1.29 is 22.3 Å². The number of imidazole rings is 1. The molecule has 2 rings (SSSR count). The third-order valence-electron chi connectivity index (χ3n) is 2.11. The van der Waals surface area contributed by atoms with Crippen LogP contribution in [-0.4, -0.2) is 16.3 Å². The molecule has 0 aliphatic carbocycles. The number of H-pyrrole nitrogens is 1. The van der Waals surface area contributed by atoms with Crippen LogP contribution in [-0.2, 0) is 4.74 Å². The van der Waals surface area contributed by atoms with Crippen molar-refractivity contribution in [2.45, 2.75) is 19.6 Å². The highest BCUT2D eigenvalue weighted by atomic mass is 19.4. The minimum absolute atomic E-state index is 0.388. The van der Waals surface area contributed by atoms with E-state index >= 15 is 0 Å². The first-order valence-electron chi connectivity index (χ1n) is 4.70. The van der Waals surface area contributed by atoms with Crippen molar-refractivity contribution >= 4 is 11.0 Å². The maximum absolute atomic E-state index is 13.1. The number of aromatic nitrogens is 2. The molecule has 0 spiro atoms. The summed E-state index contributed by atoms with van der Waals surface area (Å²) >= 11 is 0. The van der Waals surface area contributed by atoms with Crippen molar-refractivity contribution in [3.8, 4) is 0 Å². The number of fused-ring (bicyclic) bond motifs is 1. The zero-order valence-corrected chi connectivity index (χ0v) is 8.68. The van der Waals surface area contributed by atoms with Crippen LogP contribution in [0.25, 0.3) is 11.0 Å². The lowest BCUT2D eigenvalue weighted by atomic mass is 10.2. The number of hydrogen-bond donors (Lipinski definition) is 1. The van der Waals surface area contributed by atoms with Gasteiger partial charge in [0.2, 0.25) is 0 Å². The van der Waals surface area contributed by atoms with E-state index in [2.05, 4.69) is 14.7 Å². The molecule has 1 N–H and O–H groups in total. The van der Waals surface area contributed by atoms with Crippen molar-refractivity contribution in [3.05, 3.63) is 29.6 Å². The molecule has 1 atom stereocenters. The Kier molecular flexibility index (Phi) is 2.78. The Balaban J connectivity index is 2.30. The normalized spacial score (nSPS) is 14.2. The van der Waals surface area contributed by atoms with Gasteiger partial charge in [-0.3, -0.25) is 0 Å². The van der Waals surface area contributed by atoms with Crippen LogP contribution >= 0.6 is 0 Å². The monoisotopic (exact) mass is 248 g/mol. The molecule has 3 nitrogen and oxygen atoms in total. The molecule has 0 bridgehead atoms. The lowest BCUT2D eigenvalue weighted by Crippen LogP contribution is -2.16. The number of rotatable bonds is 2. The van der Waals surface area contributed by atoms with E-state index in [1.807, 2.05) is 0 Å². The molecule has 0 saturated heterocycles. The van der Waals surface area contributed by atoms with Crippen molar-refractivity contribution in [1.29, 1.82) is 0 Å². The molecule has 1 aromatic heterocycles. The third kappa shape index (κ3) is 2.73. The quantitative estimate of drug-likeness (QED) is 0.827. The van der Waals surface area contributed by atoms with Gasteiger partial charge in [-0.05, 0) is 24.6 Å². The van der Waals surface area contributed by atoms with Gasteiger partial charge in [-0.1, -0.05) is 6.07 Å². The molecular weight excluding hydrogens is 240 g/mol. The molecular formula is C10H8F4N2O. The number of halogens is 4. The maximum atomic E-state index is 13.1. The first kappa shape index (κ1) is 11.8. The van der Waals surface area contributed by atoms with Crippen molar-refractivity contribution in [1.82, 2.24) is 9.97 Å². The molecule has 0 unspecified atom stereocenters. The zero-order valence-electron chi connectivity index (χ0n) is 8.68. The van der Waals surface area contributed by atoms with Gasteiger partial charge in [-0.15, -0.1) is 13.2 Å². The van der Waals surface area contributed by atoms with Crippen LogP contribution in [0, 0.1) is 6.92 Å². The second-order valence-corrected chi connectivity index (χ2v) is 3.52. The Hall–Kier alpha value is -1.63. The van der Waals surface area contributed by atoms with Gasteiger partial charge in [0.15, 0.2) is 5.82 Å². The summed E-state index contributed by atoms with van der Waals surface area (Å²) in [5.41, 5.74) is 1.74. The predicted octanol–water partition coefficient (Wildman–Crippen LogP) is 3.38. The summed E-state index contributed by atoms with van der Waals surface area (Å²) in [6, 6.07) is 4.97. The van der Waals surface area contributed by atoms with Gasteiger partial charge in [0.25, 0.3) is 6.36 Å². The first-order valence-corrected chi connectivity index (χ1v) is 4.70. The average Bonchev–Trinajstić information content (AvgIpc) is 2.57. The maximum Gasteiger partial charge on any atom is 0.525 e. The number of benzene rings is 1. The summed E-state index contributed by atoms with van der Waals surface area (Å²) in [6.07, 6.45) is -7.68. The minimum Gasteiger partial charge on any atom is -0.337 e. The summed E-state index contributed by atoms with van der Waals surface area (Å²) in [7, 11) is 0. The molecule has 0 aliphatic rings. The number of nitrogens with zero attached hydrogens (tertiary/aromatic N) is 1. The second kappa shape index (κ2) is 3.99. The molecule has 17 heavy (non-hydrogen) atoms. The van der Waals surface area contributed by atoms with Crippen LogP contribution in [0.15, 0.2) is 18.2 Å². The van der Waals surface area contributed by atoms with Gasteiger partial charge < -0.3 is 4.98 Å². The van der Waals surface area contributed by atoms with E-state index in [9.17, 15) is 17.6 Å². The third-order valence-corrected chi connectivity index (χ3v) is 2.11. The molecule has 92 valence electrons. The van der Waals surface area contributed by atoms with E-state index in [4.69, 9.17) is 0 Å². The Bertz CT molecular complexity index is 535. The Labute approximate surface area is 93.4 Å². The van der Waals surface area contributed by atoms with Crippen molar-refractivity contribution in [3.63, 3.8) is 0 Å². The van der Waals surface area contributed by atoms with Gasteiger partial charge in [0.1, 0.15) is 0 Å². The van der Waals surface area contributed by atoms with Crippen molar-refractivity contribution in [2.75, 3.05) is 0 Å². The van der Waals surface area contributed by atoms with E-state index in [-0.39, 0.29) is 0 Å². The molecule has 0 amide bonds. The van der Waals surface area contributed by atoms with Crippen LogP contribution in [0.2, 0.25) is 0 Å². The number of aryl methyl sites for hydroxylation is 1. The smallest absolute Gasteiger partial charge is 0.337 e. The highest BCUT2D eigenvalue weighted by molar-refractivity contribution is 5.75. The van der Waals surface area contributed by atoms with E-state index in [1.165, 1.54) is 0 Å². The predicted molar refractivity (Wildman–Crippen MR) is 51.8 cm³/mol. The lowest BCUT2D eigenvalue weighted by Gasteiger charge is -2.09. The summed E-state index contributed by atoms with van der Waals surface area (Å²) in [6.45, 7) is 1.80. The van der Waals surface area contributed by atoms with Crippen LogP contribution in [0.3, 0.4) is 0 Å². The lowest BCUT2D eigenvalue weighted by molar-refractivity contribution is -0.364.